The first-order chi connectivity index (χ1) is 12.3. The number of hydrogen-bond donors (Lipinski definition) is 2. The molecule has 0 amide bonds. The maximum atomic E-state index is 12.9. The third-order valence-electron chi connectivity index (χ3n) is 3.67. The molecule has 2 rings (SSSR count). The summed E-state index contributed by atoms with van der Waals surface area (Å²) < 4.78 is 39.4. The van der Waals surface area contributed by atoms with Crippen molar-refractivity contribution in [2.45, 2.75) is 24.2 Å². The highest BCUT2D eigenvalue weighted by atomic mass is 32.2. The van der Waals surface area contributed by atoms with Gasteiger partial charge in [-0.25, -0.2) is 17.5 Å². The third-order valence-corrected chi connectivity index (χ3v) is 5.15. The lowest BCUT2D eigenvalue weighted by molar-refractivity contribution is -0.136. The summed E-state index contributed by atoms with van der Waals surface area (Å²) in [5.41, 5.74) is 1.24. The van der Waals surface area contributed by atoms with Gasteiger partial charge in [0.2, 0.25) is 10.0 Å². The van der Waals surface area contributed by atoms with Crippen molar-refractivity contribution in [2.24, 2.45) is 0 Å². The number of Topliss-reactive ketones (excluding diaryl/α,β-unsaturated/α-hetero) is 1. The van der Waals surface area contributed by atoms with E-state index in [4.69, 9.17) is 5.11 Å². The number of rotatable bonds is 9. The topological polar surface area (TPSA) is 101 Å². The Balaban J connectivity index is 1.88. The summed E-state index contributed by atoms with van der Waals surface area (Å²) in [6, 6.07) is 11.1. The van der Waals surface area contributed by atoms with Crippen molar-refractivity contribution in [3.63, 3.8) is 0 Å². The van der Waals surface area contributed by atoms with E-state index in [2.05, 4.69) is 4.72 Å². The van der Waals surface area contributed by atoms with Crippen molar-refractivity contribution in [2.75, 3.05) is 6.54 Å². The van der Waals surface area contributed by atoms with Gasteiger partial charge in [-0.15, -0.1) is 0 Å². The van der Waals surface area contributed by atoms with Crippen LogP contribution >= 0.6 is 0 Å². The lowest BCUT2D eigenvalue weighted by atomic mass is 10.0. The Morgan fingerprint density at radius 1 is 0.962 bits per heavy atom. The molecule has 0 aliphatic carbocycles. The van der Waals surface area contributed by atoms with Crippen LogP contribution in [0.5, 0.6) is 0 Å². The van der Waals surface area contributed by atoms with Gasteiger partial charge in [0.05, 0.1) is 11.3 Å². The second kappa shape index (κ2) is 8.68. The molecule has 2 N–H and O–H groups in total. The van der Waals surface area contributed by atoms with Crippen molar-refractivity contribution in [1.82, 2.24) is 4.72 Å². The molecule has 0 heterocycles. The Hall–Kier alpha value is -2.58. The number of carbonyl (C=O) groups is 2. The summed E-state index contributed by atoms with van der Waals surface area (Å²) >= 11 is 0. The molecule has 0 aliphatic rings. The van der Waals surface area contributed by atoms with Crippen molar-refractivity contribution in [3.8, 4) is 0 Å². The van der Waals surface area contributed by atoms with Crippen LogP contribution in [0.3, 0.4) is 0 Å². The number of aliphatic carboxylic acids is 1. The van der Waals surface area contributed by atoms with Crippen molar-refractivity contribution >= 4 is 21.8 Å². The number of nitrogens with one attached hydrogen (secondary N) is 1. The number of benzene rings is 2. The third kappa shape index (κ3) is 5.75. The highest BCUT2D eigenvalue weighted by Gasteiger charge is 2.13. The molecule has 0 aliphatic heterocycles. The number of carboxylic acid groups (broad SMARTS) is 1. The highest BCUT2D eigenvalue weighted by Crippen LogP contribution is 2.11. The fraction of sp³-hybridized carbons (Fsp3) is 0.222. The SMILES string of the molecule is O=C(O)CCC(=O)c1ccc(CCNS(=O)(=O)c2ccc(F)cc2)cc1. The molecule has 2 aromatic rings. The van der Waals surface area contributed by atoms with Crippen LogP contribution in [-0.4, -0.2) is 31.8 Å². The second-order valence-electron chi connectivity index (χ2n) is 5.62. The molecule has 0 fully saturated rings. The van der Waals surface area contributed by atoms with E-state index in [1.807, 2.05) is 0 Å². The molecule has 0 spiro atoms. The lowest BCUT2D eigenvalue weighted by Gasteiger charge is -2.07. The van der Waals surface area contributed by atoms with Crippen LogP contribution in [0.4, 0.5) is 4.39 Å². The molecule has 0 saturated heterocycles. The smallest absolute Gasteiger partial charge is 0.303 e. The van der Waals surface area contributed by atoms with Crippen LogP contribution in [0.1, 0.15) is 28.8 Å². The molecule has 0 atom stereocenters. The van der Waals surface area contributed by atoms with E-state index >= 15 is 0 Å². The molecule has 0 bridgehead atoms. The zero-order valence-electron chi connectivity index (χ0n) is 13.8. The minimum atomic E-state index is -3.71. The first-order valence-electron chi connectivity index (χ1n) is 7.87. The molecule has 0 unspecified atom stereocenters. The maximum absolute atomic E-state index is 12.9. The monoisotopic (exact) mass is 379 g/mol. The second-order valence-corrected chi connectivity index (χ2v) is 7.38. The van der Waals surface area contributed by atoms with Gasteiger partial charge in [0, 0.05) is 18.5 Å². The molecule has 26 heavy (non-hydrogen) atoms. The minimum absolute atomic E-state index is 0.0155. The van der Waals surface area contributed by atoms with E-state index in [-0.39, 0.29) is 30.1 Å². The Morgan fingerprint density at radius 3 is 2.15 bits per heavy atom. The van der Waals surface area contributed by atoms with E-state index in [0.29, 0.717) is 12.0 Å². The van der Waals surface area contributed by atoms with Gasteiger partial charge in [-0.3, -0.25) is 9.59 Å². The molecular formula is C18H18FNO5S. The van der Waals surface area contributed by atoms with Gasteiger partial charge < -0.3 is 5.11 Å². The van der Waals surface area contributed by atoms with Crippen molar-refractivity contribution < 1.29 is 27.5 Å². The molecule has 8 heteroatoms. The molecule has 0 saturated carbocycles. The van der Waals surface area contributed by atoms with Crippen LogP contribution in [0.2, 0.25) is 0 Å². The quantitative estimate of drug-likeness (QED) is 0.652. The van der Waals surface area contributed by atoms with Gasteiger partial charge >= 0.3 is 5.97 Å². The lowest BCUT2D eigenvalue weighted by Crippen LogP contribution is -2.26. The number of carbonyl (C=O) groups excluding carboxylic acids is 1. The summed E-state index contributed by atoms with van der Waals surface area (Å²) in [5, 5.41) is 8.59. The van der Waals surface area contributed by atoms with Crippen LogP contribution in [0, 0.1) is 5.82 Å². The van der Waals surface area contributed by atoms with Gasteiger partial charge in [-0.05, 0) is 36.2 Å². The largest absolute Gasteiger partial charge is 0.481 e. The van der Waals surface area contributed by atoms with Crippen LogP contribution in [0.25, 0.3) is 0 Å². The Bertz CT molecular complexity index is 877. The Labute approximate surface area is 150 Å². The van der Waals surface area contributed by atoms with E-state index in [9.17, 15) is 22.4 Å². The molecule has 6 nitrogen and oxygen atoms in total. The number of halogens is 1. The average Bonchev–Trinajstić information content (AvgIpc) is 2.60. The standard InChI is InChI=1S/C18H18FNO5S/c19-15-5-7-16(8-6-15)26(24,25)20-12-11-13-1-3-14(4-2-13)17(21)9-10-18(22)23/h1-8,20H,9-12H2,(H,22,23). The summed E-state index contributed by atoms with van der Waals surface area (Å²) in [6.45, 7) is 0.145. The molecular weight excluding hydrogens is 361 g/mol. The molecule has 0 aromatic heterocycles. The van der Waals surface area contributed by atoms with Gasteiger partial charge in [0.25, 0.3) is 0 Å². The van der Waals surface area contributed by atoms with Crippen molar-refractivity contribution in [1.29, 1.82) is 0 Å². The first kappa shape index (κ1) is 19.7. The van der Waals surface area contributed by atoms with Gasteiger partial charge in [-0.2, -0.15) is 0 Å². The number of carboxylic acids is 1. The predicted octanol–water partition coefficient (Wildman–Crippen LogP) is 2.39. The molecule has 2 aromatic carbocycles. The van der Waals surface area contributed by atoms with E-state index in [1.165, 1.54) is 12.1 Å². The Kier molecular flexibility index (Phi) is 6.59. The van der Waals surface area contributed by atoms with E-state index < -0.39 is 21.8 Å². The van der Waals surface area contributed by atoms with E-state index in [1.54, 1.807) is 24.3 Å². The summed E-state index contributed by atoms with van der Waals surface area (Å²) in [4.78, 5) is 22.3. The first-order valence-corrected chi connectivity index (χ1v) is 9.35. The number of hydrogen-bond acceptors (Lipinski definition) is 4. The Morgan fingerprint density at radius 2 is 1.58 bits per heavy atom. The average molecular weight is 379 g/mol. The summed E-state index contributed by atoms with van der Waals surface area (Å²) in [5.74, 6) is -1.79. The van der Waals surface area contributed by atoms with Gasteiger partial charge in [0.1, 0.15) is 5.82 Å². The molecule has 0 radical (unpaired) electrons. The van der Waals surface area contributed by atoms with Crippen LogP contribution in [-0.2, 0) is 21.2 Å². The van der Waals surface area contributed by atoms with Gasteiger partial charge in [-0.1, -0.05) is 24.3 Å². The van der Waals surface area contributed by atoms with Crippen LogP contribution < -0.4 is 4.72 Å². The van der Waals surface area contributed by atoms with Crippen molar-refractivity contribution in [3.05, 3.63) is 65.5 Å². The fourth-order valence-electron chi connectivity index (χ4n) is 2.25. The van der Waals surface area contributed by atoms with Crippen LogP contribution in [0.15, 0.2) is 53.4 Å². The number of ketones is 1. The summed E-state index contributed by atoms with van der Waals surface area (Å²) in [7, 11) is -3.71. The minimum Gasteiger partial charge on any atom is -0.481 e. The maximum Gasteiger partial charge on any atom is 0.303 e. The number of sulfonamides is 1. The zero-order chi connectivity index (χ0) is 19.2. The predicted molar refractivity (Wildman–Crippen MR) is 92.9 cm³/mol. The molecule has 138 valence electrons. The highest BCUT2D eigenvalue weighted by molar-refractivity contribution is 7.89. The van der Waals surface area contributed by atoms with E-state index in [0.717, 1.165) is 17.7 Å². The zero-order valence-corrected chi connectivity index (χ0v) is 14.6. The normalized spacial score (nSPS) is 11.3. The summed E-state index contributed by atoms with van der Waals surface area (Å²) in [6.07, 6.45) is 0.127. The van der Waals surface area contributed by atoms with Gasteiger partial charge in [0.15, 0.2) is 5.78 Å². The fourth-order valence-corrected chi connectivity index (χ4v) is 3.28.